The summed E-state index contributed by atoms with van der Waals surface area (Å²) >= 11 is 0. The van der Waals surface area contributed by atoms with Crippen molar-refractivity contribution >= 4 is 5.91 Å². The predicted molar refractivity (Wildman–Crippen MR) is 77.0 cm³/mol. The minimum Gasteiger partial charge on any atom is -0.507 e. The van der Waals surface area contributed by atoms with Gasteiger partial charge in [-0.1, -0.05) is 30.3 Å². The molecule has 0 aliphatic rings. The lowest BCUT2D eigenvalue weighted by Gasteiger charge is -2.09. The molecule has 0 spiro atoms. The van der Waals surface area contributed by atoms with Crippen LogP contribution in [0.3, 0.4) is 0 Å². The van der Waals surface area contributed by atoms with Gasteiger partial charge in [-0.15, -0.1) is 0 Å². The number of carbonyl (C=O) groups excluding carboxylic acids is 1. The molecule has 0 saturated carbocycles. The van der Waals surface area contributed by atoms with E-state index in [1.807, 2.05) is 31.2 Å². The van der Waals surface area contributed by atoms with E-state index in [-0.39, 0.29) is 17.1 Å². The van der Waals surface area contributed by atoms with Crippen molar-refractivity contribution < 1.29 is 15.0 Å². The number of nitrogens with one attached hydrogen (secondary N) is 1. The number of phenolic OH excluding ortho intramolecular Hbond substituents is 2. The largest absolute Gasteiger partial charge is 0.507 e. The highest BCUT2D eigenvalue weighted by Crippen LogP contribution is 2.25. The number of amides is 1. The van der Waals surface area contributed by atoms with Crippen molar-refractivity contribution in [3.8, 4) is 11.5 Å². The minimum atomic E-state index is -0.478. The number of hydrogen-bond acceptors (Lipinski definition) is 3. The Morgan fingerprint density at radius 2 is 1.70 bits per heavy atom. The highest BCUT2D eigenvalue weighted by atomic mass is 16.3. The van der Waals surface area contributed by atoms with Gasteiger partial charge in [0.1, 0.15) is 17.1 Å². The number of benzene rings is 2. The number of carbonyl (C=O) groups is 1. The molecule has 4 heteroatoms. The summed E-state index contributed by atoms with van der Waals surface area (Å²) in [7, 11) is 0. The summed E-state index contributed by atoms with van der Waals surface area (Å²) < 4.78 is 0. The fraction of sp³-hybridized carbons (Fsp3) is 0.188. The Labute approximate surface area is 117 Å². The lowest BCUT2D eigenvalue weighted by Crippen LogP contribution is -2.26. The molecule has 0 aliphatic carbocycles. The second kappa shape index (κ2) is 6.10. The molecule has 0 saturated heterocycles. The molecule has 3 N–H and O–H groups in total. The molecule has 0 aliphatic heterocycles. The molecule has 4 nitrogen and oxygen atoms in total. The number of phenols is 2. The number of rotatable bonds is 4. The molecule has 0 aromatic heterocycles. The van der Waals surface area contributed by atoms with Gasteiger partial charge in [-0.25, -0.2) is 0 Å². The molecule has 20 heavy (non-hydrogen) atoms. The van der Waals surface area contributed by atoms with E-state index in [1.165, 1.54) is 23.8 Å². The van der Waals surface area contributed by atoms with E-state index in [2.05, 4.69) is 5.32 Å². The quantitative estimate of drug-likeness (QED) is 0.799. The molecule has 2 aromatic rings. The van der Waals surface area contributed by atoms with Crippen molar-refractivity contribution in [2.75, 3.05) is 6.54 Å². The Kier molecular flexibility index (Phi) is 4.25. The van der Waals surface area contributed by atoms with Crippen LogP contribution in [0.5, 0.6) is 11.5 Å². The van der Waals surface area contributed by atoms with Crippen LogP contribution in [0.1, 0.15) is 21.5 Å². The molecule has 2 aromatic carbocycles. The molecular formula is C16H17NO3. The maximum absolute atomic E-state index is 11.9. The van der Waals surface area contributed by atoms with Crippen LogP contribution in [0.15, 0.2) is 42.5 Å². The molecule has 0 radical (unpaired) electrons. The molecule has 0 atom stereocenters. The van der Waals surface area contributed by atoms with Crippen LogP contribution in [0.25, 0.3) is 0 Å². The van der Waals surface area contributed by atoms with Crippen molar-refractivity contribution in [1.82, 2.24) is 5.32 Å². The van der Waals surface area contributed by atoms with Crippen LogP contribution in [0, 0.1) is 6.92 Å². The summed E-state index contributed by atoms with van der Waals surface area (Å²) in [5, 5.41) is 21.9. The van der Waals surface area contributed by atoms with Gasteiger partial charge in [0.25, 0.3) is 5.91 Å². The summed E-state index contributed by atoms with van der Waals surface area (Å²) in [5.74, 6) is -0.925. The highest BCUT2D eigenvalue weighted by molar-refractivity contribution is 5.99. The first kappa shape index (κ1) is 13.9. The van der Waals surface area contributed by atoms with E-state index in [4.69, 9.17) is 0 Å². The zero-order valence-electron chi connectivity index (χ0n) is 11.3. The van der Waals surface area contributed by atoms with Crippen molar-refractivity contribution in [1.29, 1.82) is 0 Å². The molecule has 0 heterocycles. The van der Waals surface area contributed by atoms with Gasteiger partial charge in [-0.2, -0.15) is 0 Å². The fourth-order valence-electron chi connectivity index (χ4n) is 2.05. The first-order valence-electron chi connectivity index (χ1n) is 6.43. The van der Waals surface area contributed by atoms with Crippen LogP contribution in [0.2, 0.25) is 0 Å². The Morgan fingerprint density at radius 1 is 1.05 bits per heavy atom. The van der Waals surface area contributed by atoms with Crippen LogP contribution >= 0.6 is 0 Å². The Bertz CT molecular complexity index is 603. The van der Waals surface area contributed by atoms with Crippen molar-refractivity contribution in [3.63, 3.8) is 0 Å². The van der Waals surface area contributed by atoms with Gasteiger partial charge in [-0.05, 0) is 36.6 Å². The van der Waals surface area contributed by atoms with E-state index < -0.39 is 5.91 Å². The molecule has 2 rings (SSSR count). The average molecular weight is 271 g/mol. The second-order valence-corrected chi connectivity index (χ2v) is 4.60. The standard InChI is InChI=1S/C16H17NO3/c1-11-5-2-3-6-12(11)9-10-17-16(20)15-13(18)7-4-8-14(15)19/h2-8,18-19H,9-10H2,1H3,(H,17,20). The van der Waals surface area contributed by atoms with Crippen LogP contribution in [0.4, 0.5) is 0 Å². The zero-order chi connectivity index (χ0) is 14.5. The number of aryl methyl sites for hydroxylation is 1. The number of aromatic hydroxyl groups is 2. The van der Waals surface area contributed by atoms with Gasteiger partial charge < -0.3 is 15.5 Å². The third-order valence-electron chi connectivity index (χ3n) is 3.19. The van der Waals surface area contributed by atoms with Gasteiger partial charge in [0.15, 0.2) is 0 Å². The number of hydrogen-bond donors (Lipinski definition) is 3. The summed E-state index contributed by atoms with van der Waals surface area (Å²) in [6, 6.07) is 12.2. The third kappa shape index (κ3) is 3.09. The van der Waals surface area contributed by atoms with E-state index in [1.54, 1.807) is 0 Å². The van der Waals surface area contributed by atoms with Gasteiger partial charge in [-0.3, -0.25) is 4.79 Å². The topological polar surface area (TPSA) is 69.6 Å². The minimum absolute atomic E-state index is 0.0858. The zero-order valence-corrected chi connectivity index (χ0v) is 11.3. The molecule has 0 unspecified atom stereocenters. The van der Waals surface area contributed by atoms with Gasteiger partial charge in [0.2, 0.25) is 0 Å². The van der Waals surface area contributed by atoms with Crippen LogP contribution in [-0.4, -0.2) is 22.7 Å². The smallest absolute Gasteiger partial charge is 0.258 e. The molecule has 104 valence electrons. The summed E-state index contributed by atoms with van der Waals surface area (Å²) in [5.41, 5.74) is 2.25. The maximum atomic E-state index is 11.9. The average Bonchev–Trinajstić information content (AvgIpc) is 2.41. The van der Waals surface area contributed by atoms with E-state index in [9.17, 15) is 15.0 Å². The Hall–Kier alpha value is -2.49. The van der Waals surface area contributed by atoms with E-state index in [0.29, 0.717) is 13.0 Å². The van der Waals surface area contributed by atoms with Gasteiger partial charge in [0, 0.05) is 6.54 Å². The lowest BCUT2D eigenvalue weighted by atomic mass is 10.1. The van der Waals surface area contributed by atoms with Crippen molar-refractivity contribution in [2.24, 2.45) is 0 Å². The third-order valence-corrected chi connectivity index (χ3v) is 3.19. The fourth-order valence-corrected chi connectivity index (χ4v) is 2.05. The molecular weight excluding hydrogens is 254 g/mol. The van der Waals surface area contributed by atoms with Crippen LogP contribution in [-0.2, 0) is 6.42 Å². The van der Waals surface area contributed by atoms with E-state index >= 15 is 0 Å². The molecule has 1 amide bonds. The SMILES string of the molecule is Cc1ccccc1CCNC(=O)c1c(O)cccc1O. The molecule has 0 fully saturated rings. The van der Waals surface area contributed by atoms with Crippen molar-refractivity contribution in [3.05, 3.63) is 59.2 Å². The van der Waals surface area contributed by atoms with Crippen molar-refractivity contribution in [2.45, 2.75) is 13.3 Å². The monoisotopic (exact) mass is 271 g/mol. The maximum Gasteiger partial charge on any atom is 0.258 e. The Balaban J connectivity index is 1.98. The van der Waals surface area contributed by atoms with Gasteiger partial charge in [0.05, 0.1) is 0 Å². The van der Waals surface area contributed by atoms with E-state index in [0.717, 1.165) is 5.56 Å². The van der Waals surface area contributed by atoms with Crippen LogP contribution < -0.4 is 5.32 Å². The normalized spacial score (nSPS) is 10.2. The second-order valence-electron chi connectivity index (χ2n) is 4.60. The lowest BCUT2D eigenvalue weighted by molar-refractivity contribution is 0.0948. The predicted octanol–water partition coefficient (Wildman–Crippen LogP) is 2.38. The Morgan fingerprint density at radius 3 is 2.35 bits per heavy atom. The van der Waals surface area contributed by atoms with Gasteiger partial charge >= 0.3 is 0 Å². The first-order chi connectivity index (χ1) is 9.59. The first-order valence-corrected chi connectivity index (χ1v) is 6.43. The summed E-state index contributed by atoms with van der Waals surface area (Å²) in [4.78, 5) is 11.9. The summed E-state index contributed by atoms with van der Waals surface area (Å²) in [6.45, 7) is 2.46. The highest BCUT2D eigenvalue weighted by Gasteiger charge is 2.15. The molecule has 0 bridgehead atoms. The summed E-state index contributed by atoms with van der Waals surface area (Å²) in [6.07, 6.45) is 0.701.